The van der Waals surface area contributed by atoms with Gasteiger partial charge in [0.2, 0.25) is 0 Å². The van der Waals surface area contributed by atoms with Crippen molar-refractivity contribution >= 4 is 15.7 Å². The van der Waals surface area contributed by atoms with Gasteiger partial charge in [-0.25, -0.2) is 17.2 Å². The van der Waals surface area contributed by atoms with Crippen LogP contribution in [0.1, 0.15) is 12.5 Å². The third-order valence-electron chi connectivity index (χ3n) is 5.16. The average molecular weight is 458 g/mol. The van der Waals surface area contributed by atoms with Crippen molar-refractivity contribution in [3.8, 4) is 22.6 Å². The van der Waals surface area contributed by atoms with Gasteiger partial charge in [-0.15, -0.1) is 0 Å². The summed E-state index contributed by atoms with van der Waals surface area (Å²) in [4.78, 5) is 12.3. The third-order valence-corrected chi connectivity index (χ3v) is 6.67. The summed E-state index contributed by atoms with van der Waals surface area (Å²) >= 11 is 0. The quantitative estimate of drug-likeness (QED) is 0.570. The second-order valence-corrected chi connectivity index (χ2v) is 9.07. The minimum absolute atomic E-state index is 0.147. The minimum atomic E-state index is -3.59. The molecule has 1 aliphatic rings. The number of hydrogen-bond donors (Lipinski definition) is 0. The van der Waals surface area contributed by atoms with Gasteiger partial charge in [-0.3, -0.25) is 9.10 Å². The molecule has 166 valence electrons. The average Bonchev–Trinajstić information content (AvgIpc) is 3.11. The first kappa shape index (κ1) is 21.8. The van der Waals surface area contributed by atoms with Crippen LogP contribution in [0.15, 0.2) is 64.9 Å². The van der Waals surface area contributed by atoms with Gasteiger partial charge in [-0.05, 0) is 42.8 Å². The number of halogens is 2. The van der Waals surface area contributed by atoms with E-state index < -0.39 is 21.7 Å². The van der Waals surface area contributed by atoms with Crippen LogP contribution in [0.5, 0.6) is 11.5 Å². The zero-order chi connectivity index (χ0) is 23.0. The van der Waals surface area contributed by atoms with E-state index in [2.05, 4.69) is 0 Å². The normalized spacial score (nSPS) is 14.7. The molecule has 0 aliphatic carbocycles. The summed E-state index contributed by atoms with van der Waals surface area (Å²) in [7, 11) is -1.98. The molecule has 32 heavy (non-hydrogen) atoms. The van der Waals surface area contributed by atoms with Crippen LogP contribution in [0.25, 0.3) is 11.1 Å². The molecule has 0 bridgehead atoms. The Morgan fingerprint density at radius 2 is 1.81 bits per heavy atom. The van der Waals surface area contributed by atoms with Gasteiger partial charge in [0.1, 0.15) is 11.6 Å². The van der Waals surface area contributed by atoms with E-state index in [0.29, 0.717) is 34.9 Å². The van der Waals surface area contributed by atoms with Gasteiger partial charge < -0.3 is 9.30 Å². The van der Waals surface area contributed by atoms with Gasteiger partial charge in [-0.2, -0.15) is 0 Å². The first-order valence-electron chi connectivity index (χ1n) is 9.86. The van der Waals surface area contributed by atoms with Gasteiger partial charge in [0.15, 0.2) is 11.6 Å². The van der Waals surface area contributed by atoms with Crippen LogP contribution < -0.4 is 14.6 Å². The molecule has 1 aliphatic heterocycles. The Labute approximate surface area is 184 Å². The highest BCUT2D eigenvalue weighted by Gasteiger charge is 2.25. The van der Waals surface area contributed by atoms with Crippen molar-refractivity contribution in [3.05, 3.63) is 87.7 Å². The maximum atomic E-state index is 14.2. The number of hydrogen-bond acceptors (Lipinski definition) is 4. The molecule has 0 radical (unpaired) electrons. The molecule has 1 aromatic heterocycles. The predicted molar refractivity (Wildman–Crippen MR) is 118 cm³/mol. The van der Waals surface area contributed by atoms with Crippen molar-refractivity contribution in [2.45, 2.75) is 13.3 Å². The van der Waals surface area contributed by atoms with Crippen LogP contribution in [0.3, 0.4) is 0 Å². The number of anilines is 1. The molecule has 3 aromatic rings. The Kier molecular flexibility index (Phi) is 5.60. The molecular formula is C23H20F2N2O4S. The molecule has 4 rings (SSSR count). The summed E-state index contributed by atoms with van der Waals surface area (Å²) in [5, 5.41) is 1.13. The Hall–Kier alpha value is -3.46. The molecule has 0 spiro atoms. The lowest BCUT2D eigenvalue weighted by atomic mass is 10.0. The van der Waals surface area contributed by atoms with Crippen molar-refractivity contribution in [2.24, 2.45) is 7.05 Å². The molecule has 0 unspecified atom stereocenters. The van der Waals surface area contributed by atoms with Crippen LogP contribution in [0, 0.1) is 11.6 Å². The van der Waals surface area contributed by atoms with E-state index in [1.807, 2.05) is 6.92 Å². The Balaban J connectivity index is 1.88. The van der Waals surface area contributed by atoms with Crippen molar-refractivity contribution in [2.75, 3.05) is 10.8 Å². The lowest BCUT2D eigenvalue weighted by molar-refractivity contribution is 0.439. The Morgan fingerprint density at radius 3 is 2.47 bits per heavy atom. The largest absolute Gasteiger partial charge is 0.454 e. The molecule has 0 amide bonds. The lowest BCUT2D eigenvalue weighted by Crippen LogP contribution is -2.24. The smallest absolute Gasteiger partial charge is 0.257 e. The van der Waals surface area contributed by atoms with Crippen molar-refractivity contribution in [1.29, 1.82) is 0 Å². The number of ether oxygens (including phenoxy) is 1. The number of pyridine rings is 1. The van der Waals surface area contributed by atoms with Crippen LogP contribution in [-0.2, 0) is 23.5 Å². The predicted octanol–water partition coefficient (Wildman–Crippen LogP) is 4.35. The number of benzene rings is 2. The van der Waals surface area contributed by atoms with Gasteiger partial charge in [0.25, 0.3) is 15.6 Å². The first-order valence-corrected chi connectivity index (χ1v) is 11.4. The second-order valence-electron chi connectivity index (χ2n) is 7.33. The number of rotatable bonds is 5. The van der Waals surface area contributed by atoms with Gasteiger partial charge in [0.05, 0.1) is 12.2 Å². The highest BCUT2D eigenvalue weighted by molar-refractivity contribution is 7.95. The van der Waals surface area contributed by atoms with E-state index >= 15 is 0 Å². The van der Waals surface area contributed by atoms with E-state index in [1.54, 1.807) is 31.4 Å². The van der Waals surface area contributed by atoms with Crippen LogP contribution >= 0.6 is 0 Å². The molecule has 0 N–H and O–H groups in total. The Bertz CT molecular complexity index is 1400. The summed E-state index contributed by atoms with van der Waals surface area (Å²) in [5.41, 5.74) is 1.85. The number of aromatic nitrogens is 1. The number of nitrogens with zero attached hydrogens (tertiary/aromatic N) is 2. The molecule has 0 atom stereocenters. The molecule has 0 saturated carbocycles. The minimum Gasteiger partial charge on any atom is -0.454 e. The van der Waals surface area contributed by atoms with Crippen LogP contribution in [-0.4, -0.2) is 19.5 Å². The summed E-state index contributed by atoms with van der Waals surface area (Å²) in [6.07, 6.45) is 3.63. The van der Waals surface area contributed by atoms with E-state index in [4.69, 9.17) is 4.74 Å². The fraction of sp³-hybridized carbons (Fsp3) is 0.174. The maximum absolute atomic E-state index is 14.2. The zero-order valence-corrected chi connectivity index (χ0v) is 18.2. The molecule has 9 heteroatoms. The van der Waals surface area contributed by atoms with Crippen molar-refractivity contribution in [1.82, 2.24) is 4.57 Å². The number of sulfonamides is 1. The summed E-state index contributed by atoms with van der Waals surface area (Å²) in [6, 6.07) is 9.36. The Morgan fingerprint density at radius 1 is 1.06 bits per heavy atom. The summed E-state index contributed by atoms with van der Waals surface area (Å²) in [5.74, 6) is -1.57. The maximum Gasteiger partial charge on any atom is 0.257 e. The van der Waals surface area contributed by atoms with Crippen molar-refractivity contribution in [3.63, 3.8) is 0 Å². The monoisotopic (exact) mass is 458 g/mol. The second kappa shape index (κ2) is 8.23. The fourth-order valence-electron chi connectivity index (χ4n) is 3.54. The third kappa shape index (κ3) is 4.03. The molecule has 0 fully saturated rings. The number of aryl methyl sites for hydroxylation is 2. The van der Waals surface area contributed by atoms with Crippen LogP contribution in [0.4, 0.5) is 14.5 Å². The van der Waals surface area contributed by atoms with Gasteiger partial charge in [0, 0.05) is 41.4 Å². The molecule has 0 saturated heterocycles. The van der Waals surface area contributed by atoms with Crippen LogP contribution in [0.2, 0.25) is 0 Å². The van der Waals surface area contributed by atoms with E-state index in [0.717, 1.165) is 11.5 Å². The molecular weight excluding hydrogens is 438 g/mol. The highest BCUT2D eigenvalue weighted by atomic mass is 32.2. The van der Waals surface area contributed by atoms with E-state index in [9.17, 15) is 22.0 Å². The lowest BCUT2D eigenvalue weighted by Gasteiger charge is -2.20. The molecule has 2 aromatic carbocycles. The van der Waals surface area contributed by atoms with Crippen molar-refractivity contribution < 1.29 is 21.9 Å². The fourth-order valence-corrected chi connectivity index (χ4v) is 4.71. The van der Waals surface area contributed by atoms with Gasteiger partial charge >= 0.3 is 0 Å². The van der Waals surface area contributed by atoms with E-state index in [1.165, 1.54) is 27.1 Å². The van der Waals surface area contributed by atoms with Gasteiger partial charge in [-0.1, -0.05) is 13.0 Å². The molecule has 2 heterocycles. The molecule has 6 nitrogen and oxygen atoms in total. The first-order chi connectivity index (χ1) is 15.2. The summed E-state index contributed by atoms with van der Waals surface area (Å²) < 4.78 is 60.6. The zero-order valence-electron chi connectivity index (χ0n) is 17.4. The topological polar surface area (TPSA) is 68.6 Å². The highest BCUT2D eigenvalue weighted by Crippen LogP contribution is 2.38. The summed E-state index contributed by atoms with van der Waals surface area (Å²) in [6.45, 7) is 2.03. The standard InChI is InChI=1S/C23H20F2N2O4S/c1-3-15-11-16(14-26(2)23(15)28)19-13-18(27-9-4-10-32(27,29)30)6-8-21(19)31-22-7-5-17(24)12-20(22)25/h4-8,10-14H,3,9H2,1-2H3. The SMILES string of the molecule is CCc1cc(-c2cc(N3CC=CS3(=O)=O)ccc2Oc2ccc(F)cc2F)cn(C)c1=O. The van der Waals surface area contributed by atoms with E-state index in [-0.39, 0.29) is 23.6 Å².